The van der Waals surface area contributed by atoms with E-state index in [2.05, 4.69) is 31.2 Å². The van der Waals surface area contributed by atoms with Crippen LogP contribution in [0.4, 0.5) is 4.79 Å². The lowest BCUT2D eigenvalue weighted by Gasteiger charge is -2.25. The van der Waals surface area contributed by atoms with Crippen LogP contribution in [0, 0.1) is 5.92 Å². The molecule has 0 fully saturated rings. The Morgan fingerprint density at radius 2 is 1.67 bits per heavy atom. The molecular weight excluding hydrogens is 617 g/mol. The number of carbonyl (C=O) groups is 5. The summed E-state index contributed by atoms with van der Waals surface area (Å²) in [5.41, 5.74) is 1.39. The standard InChI is InChI=1S/C30H38N8O5S2/c1-18(2)25-29-35-21(16-45-29)26(41)31-11-8-12-38(24(40)14-32-30(43)37(3)4)15-23(39)33-20(13-19-9-6-5-7-10-19)28-34-22(17-44-28)27(42)36-25/h5-7,9-10,16-18,20,25H,8,11-15H2,1-4H3,(H,31,41)(H,32,43)(H,33,39)(H,36,42)/t20-,25-/m0/s1. The lowest BCUT2D eigenvalue weighted by atomic mass is 10.0. The Balaban J connectivity index is 1.63. The third-order valence-electron chi connectivity index (χ3n) is 7.02. The van der Waals surface area contributed by atoms with E-state index in [0.29, 0.717) is 22.9 Å². The first kappa shape index (κ1) is 33.5. The Bertz CT molecular complexity index is 1510. The zero-order chi connectivity index (χ0) is 32.5. The molecule has 4 bridgehead atoms. The average molecular weight is 655 g/mol. The molecule has 0 saturated heterocycles. The van der Waals surface area contributed by atoms with E-state index in [-0.39, 0.29) is 49.4 Å². The van der Waals surface area contributed by atoms with E-state index in [1.54, 1.807) is 24.9 Å². The maximum Gasteiger partial charge on any atom is 0.317 e. The quantitative estimate of drug-likeness (QED) is 0.328. The highest BCUT2D eigenvalue weighted by Gasteiger charge is 2.27. The summed E-state index contributed by atoms with van der Waals surface area (Å²) in [4.78, 5) is 76.5. The summed E-state index contributed by atoms with van der Waals surface area (Å²) in [5, 5.41) is 15.8. The minimum absolute atomic E-state index is 0.0145. The lowest BCUT2D eigenvalue weighted by Crippen LogP contribution is -2.48. The van der Waals surface area contributed by atoms with Crippen molar-refractivity contribution in [2.75, 3.05) is 40.3 Å². The highest BCUT2D eigenvalue weighted by atomic mass is 32.1. The Morgan fingerprint density at radius 3 is 2.36 bits per heavy atom. The first-order valence-electron chi connectivity index (χ1n) is 14.6. The molecule has 3 aromatic rings. The van der Waals surface area contributed by atoms with Crippen LogP contribution in [0.1, 0.15) is 68.9 Å². The van der Waals surface area contributed by atoms with Crippen LogP contribution in [0.2, 0.25) is 0 Å². The fourth-order valence-corrected chi connectivity index (χ4v) is 6.42. The summed E-state index contributed by atoms with van der Waals surface area (Å²) >= 11 is 2.55. The Kier molecular flexibility index (Phi) is 11.6. The molecule has 1 aromatic carbocycles. The number of nitrogens with zero attached hydrogens (tertiary/aromatic N) is 4. The molecule has 0 unspecified atom stereocenters. The number of aromatic nitrogens is 2. The van der Waals surface area contributed by atoms with Gasteiger partial charge in [0.05, 0.1) is 25.2 Å². The van der Waals surface area contributed by atoms with E-state index in [4.69, 9.17) is 0 Å². The number of benzene rings is 1. The largest absolute Gasteiger partial charge is 0.351 e. The Hall–Kier alpha value is -4.37. The molecule has 0 radical (unpaired) electrons. The molecular formula is C30H38N8O5S2. The van der Waals surface area contributed by atoms with Gasteiger partial charge in [0.15, 0.2) is 0 Å². The van der Waals surface area contributed by atoms with Gasteiger partial charge in [0, 0.05) is 37.9 Å². The molecule has 4 rings (SSSR count). The van der Waals surface area contributed by atoms with Crippen molar-refractivity contribution in [1.82, 2.24) is 41.0 Å². The monoisotopic (exact) mass is 654 g/mol. The van der Waals surface area contributed by atoms with Crippen molar-refractivity contribution in [3.63, 3.8) is 0 Å². The maximum atomic E-state index is 13.4. The number of rotatable bonds is 5. The van der Waals surface area contributed by atoms with Gasteiger partial charge in [0.25, 0.3) is 11.8 Å². The first-order chi connectivity index (χ1) is 21.5. The molecule has 3 heterocycles. The molecule has 1 aliphatic rings. The van der Waals surface area contributed by atoms with Gasteiger partial charge in [-0.3, -0.25) is 19.2 Å². The van der Waals surface area contributed by atoms with E-state index in [1.807, 2.05) is 44.2 Å². The minimum atomic E-state index is -0.569. The van der Waals surface area contributed by atoms with Gasteiger partial charge in [0.1, 0.15) is 21.4 Å². The number of urea groups is 1. The van der Waals surface area contributed by atoms with Crippen LogP contribution >= 0.6 is 22.7 Å². The van der Waals surface area contributed by atoms with E-state index in [9.17, 15) is 24.0 Å². The molecule has 0 aliphatic carbocycles. The van der Waals surface area contributed by atoms with Crippen LogP contribution in [-0.4, -0.2) is 89.7 Å². The van der Waals surface area contributed by atoms with Crippen LogP contribution in [0.15, 0.2) is 41.1 Å². The molecule has 13 nitrogen and oxygen atoms in total. The normalized spacial score (nSPS) is 18.2. The SMILES string of the molecule is CC(C)[C@@H]1NC(=O)c2csc(n2)[C@H](Cc2ccccc2)NC(=O)CN(C(=O)CNC(=O)N(C)C)CCCNC(=O)c2csc1n2. The van der Waals surface area contributed by atoms with E-state index >= 15 is 0 Å². The molecule has 240 valence electrons. The van der Waals surface area contributed by atoms with Gasteiger partial charge in [-0.15, -0.1) is 22.7 Å². The first-order valence-corrected chi connectivity index (χ1v) is 16.3. The number of nitrogens with one attached hydrogen (secondary N) is 4. The molecule has 0 spiro atoms. The number of fused-ring (bicyclic) bond motifs is 4. The fourth-order valence-electron chi connectivity index (χ4n) is 4.55. The van der Waals surface area contributed by atoms with Crippen molar-refractivity contribution in [1.29, 1.82) is 0 Å². The van der Waals surface area contributed by atoms with Gasteiger partial charge in [-0.2, -0.15) is 0 Å². The van der Waals surface area contributed by atoms with Crippen molar-refractivity contribution < 1.29 is 24.0 Å². The maximum absolute atomic E-state index is 13.4. The number of thiazole rings is 2. The molecule has 45 heavy (non-hydrogen) atoms. The number of amides is 6. The van der Waals surface area contributed by atoms with Crippen LogP contribution in [0.25, 0.3) is 0 Å². The highest BCUT2D eigenvalue weighted by Crippen LogP contribution is 2.27. The van der Waals surface area contributed by atoms with Crippen LogP contribution in [0.5, 0.6) is 0 Å². The summed E-state index contributed by atoms with van der Waals surface area (Å²) in [6.07, 6.45) is 0.772. The molecule has 15 heteroatoms. The predicted molar refractivity (Wildman–Crippen MR) is 171 cm³/mol. The second-order valence-electron chi connectivity index (χ2n) is 11.1. The summed E-state index contributed by atoms with van der Waals surface area (Å²) in [6, 6.07) is 8.13. The molecule has 2 atom stereocenters. The average Bonchev–Trinajstić information content (AvgIpc) is 3.70. The second-order valence-corrected chi connectivity index (χ2v) is 12.9. The summed E-state index contributed by atoms with van der Waals surface area (Å²) < 4.78 is 0. The number of hydrogen-bond acceptors (Lipinski definition) is 9. The Labute approximate surface area is 269 Å². The summed E-state index contributed by atoms with van der Waals surface area (Å²) in [6.45, 7) is 3.72. The zero-order valence-electron chi connectivity index (χ0n) is 25.7. The van der Waals surface area contributed by atoms with Gasteiger partial charge < -0.3 is 31.1 Å². The molecule has 6 amide bonds. The second kappa shape index (κ2) is 15.6. The van der Waals surface area contributed by atoms with Gasteiger partial charge in [-0.05, 0) is 24.3 Å². The third kappa shape index (κ3) is 9.31. The number of carbonyl (C=O) groups excluding carboxylic acids is 5. The van der Waals surface area contributed by atoms with Crippen molar-refractivity contribution >= 4 is 52.3 Å². The van der Waals surface area contributed by atoms with Crippen LogP contribution in [-0.2, 0) is 16.0 Å². The smallest absolute Gasteiger partial charge is 0.317 e. The van der Waals surface area contributed by atoms with Crippen molar-refractivity contribution in [3.05, 3.63) is 68.1 Å². The molecule has 1 aliphatic heterocycles. The van der Waals surface area contributed by atoms with Crippen molar-refractivity contribution in [2.45, 2.75) is 38.8 Å². The van der Waals surface area contributed by atoms with Crippen LogP contribution < -0.4 is 21.3 Å². The fraction of sp³-hybridized carbons (Fsp3) is 0.433. The lowest BCUT2D eigenvalue weighted by molar-refractivity contribution is -0.135. The minimum Gasteiger partial charge on any atom is -0.351 e. The van der Waals surface area contributed by atoms with Gasteiger partial charge in [-0.1, -0.05) is 44.2 Å². The van der Waals surface area contributed by atoms with Crippen molar-refractivity contribution in [2.24, 2.45) is 5.92 Å². The molecule has 2 aromatic heterocycles. The summed E-state index contributed by atoms with van der Waals surface area (Å²) in [7, 11) is 3.12. The van der Waals surface area contributed by atoms with Gasteiger partial charge in [-0.25, -0.2) is 14.8 Å². The highest BCUT2D eigenvalue weighted by molar-refractivity contribution is 7.10. The third-order valence-corrected chi connectivity index (χ3v) is 8.91. The van der Waals surface area contributed by atoms with E-state index in [1.165, 1.54) is 32.5 Å². The summed E-state index contributed by atoms with van der Waals surface area (Å²) in [5.74, 6) is -1.67. The van der Waals surface area contributed by atoms with E-state index < -0.39 is 35.8 Å². The van der Waals surface area contributed by atoms with Gasteiger partial charge >= 0.3 is 6.03 Å². The van der Waals surface area contributed by atoms with E-state index in [0.717, 1.165) is 5.56 Å². The van der Waals surface area contributed by atoms with Crippen LogP contribution in [0.3, 0.4) is 0 Å². The number of hydrogen-bond donors (Lipinski definition) is 4. The van der Waals surface area contributed by atoms with Crippen molar-refractivity contribution in [3.8, 4) is 0 Å². The zero-order valence-corrected chi connectivity index (χ0v) is 27.3. The molecule has 0 saturated carbocycles. The predicted octanol–water partition coefficient (Wildman–Crippen LogP) is 2.36. The Morgan fingerprint density at radius 1 is 1.00 bits per heavy atom. The topological polar surface area (TPSA) is 166 Å². The van der Waals surface area contributed by atoms with Gasteiger partial charge in [0.2, 0.25) is 11.8 Å². The molecule has 4 N–H and O–H groups in total.